The summed E-state index contributed by atoms with van der Waals surface area (Å²) >= 11 is 0. The van der Waals surface area contributed by atoms with E-state index in [0.717, 1.165) is 5.56 Å². The van der Waals surface area contributed by atoms with Gasteiger partial charge in [0.05, 0.1) is 12.8 Å². The van der Waals surface area contributed by atoms with Gasteiger partial charge in [-0.3, -0.25) is 9.78 Å². The monoisotopic (exact) mass is 288 g/mol. The minimum absolute atomic E-state index is 0.0755. The number of H-pyrrole nitrogens is 1. The Labute approximate surface area is 121 Å². The molecule has 0 saturated carbocycles. The Morgan fingerprint density at radius 2 is 2.33 bits per heavy atom. The van der Waals surface area contributed by atoms with Crippen molar-refractivity contribution in [1.29, 1.82) is 0 Å². The summed E-state index contributed by atoms with van der Waals surface area (Å²) in [6, 6.07) is 4.88. The second-order valence-corrected chi connectivity index (χ2v) is 4.27. The van der Waals surface area contributed by atoms with Gasteiger partial charge in [0.1, 0.15) is 0 Å². The van der Waals surface area contributed by atoms with E-state index < -0.39 is 0 Å². The summed E-state index contributed by atoms with van der Waals surface area (Å²) in [5, 5.41) is 13.6. The molecule has 1 aromatic carbocycles. The summed E-state index contributed by atoms with van der Waals surface area (Å²) in [4.78, 5) is 17.9. The molecule has 0 atom stereocenters. The number of ether oxygens (including phenoxy) is 1. The Morgan fingerprint density at radius 3 is 3.05 bits per heavy atom. The number of anilines is 1. The van der Waals surface area contributed by atoms with Crippen molar-refractivity contribution >= 4 is 12.2 Å². The van der Waals surface area contributed by atoms with Crippen LogP contribution in [0.25, 0.3) is 0 Å². The second-order valence-electron chi connectivity index (χ2n) is 4.27. The third kappa shape index (κ3) is 3.82. The van der Waals surface area contributed by atoms with Gasteiger partial charge in [-0.05, 0) is 37.6 Å². The maximum absolute atomic E-state index is 11.4. The molecule has 0 aliphatic carbocycles. The quantitative estimate of drug-likeness (QED) is 0.573. The zero-order valence-corrected chi connectivity index (χ0v) is 11.8. The van der Waals surface area contributed by atoms with E-state index in [-0.39, 0.29) is 17.3 Å². The minimum Gasteiger partial charge on any atom is -0.504 e. The fourth-order valence-electron chi connectivity index (χ4n) is 1.57. The number of benzene rings is 1. The van der Waals surface area contributed by atoms with Crippen molar-refractivity contribution in [2.24, 2.45) is 5.10 Å². The van der Waals surface area contributed by atoms with Crippen LogP contribution in [0.15, 0.2) is 34.3 Å². The molecule has 7 heteroatoms. The van der Waals surface area contributed by atoms with Crippen LogP contribution in [0, 0.1) is 6.92 Å². The van der Waals surface area contributed by atoms with Gasteiger partial charge in [-0.1, -0.05) is 0 Å². The summed E-state index contributed by atoms with van der Waals surface area (Å²) in [5.41, 5.74) is 3.68. The van der Waals surface area contributed by atoms with Gasteiger partial charge in [0.2, 0.25) is 5.95 Å². The number of nitrogens with zero attached hydrogens (tertiary/aromatic N) is 2. The Kier molecular flexibility index (Phi) is 4.55. The molecule has 0 amide bonds. The van der Waals surface area contributed by atoms with Gasteiger partial charge in [-0.15, -0.1) is 0 Å². The highest BCUT2D eigenvalue weighted by atomic mass is 16.5. The number of phenols is 1. The van der Waals surface area contributed by atoms with E-state index >= 15 is 0 Å². The van der Waals surface area contributed by atoms with Gasteiger partial charge in [0.15, 0.2) is 11.5 Å². The highest BCUT2D eigenvalue weighted by Crippen LogP contribution is 2.26. The highest BCUT2D eigenvalue weighted by Gasteiger charge is 2.02. The van der Waals surface area contributed by atoms with Crippen molar-refractivity contribution < 1.29 is 9.84 Å². The van der Waals surface area contributed by atoms with E-state index in [1.807, 2.05) is 6.92 Å². The third-order valence-corrected chi connectivity index (χ3v) is 2.65. The van der Waals surface area contributed by atoms with Crippen LogP contribution in [0.2, 0.25) is 0 Å². The number of hydrogen-bond donors (Lipinski definition) is 3. The van der Waals surface area contributed by atoms with Gasteiger partial charge in [-0.25, -0.2) is 10.4 Å². The molecule has 0 aliphatic rings. The van der Waals surface area contributed by atoms with Crippen molar-refractivity contribution in [2.45, 2.75) is 13.8 Å². The van der Waals surface area contributed by atoms with E-state index in [0.29, 0.717) is 17.9 Å². The van der Waals surface area contributed by atoms with Crippen LogP contribution in [0.5, 0.6) is 11.5 Å². The zero-order valence-electron chi connectivity index (χ0n) is 11.8. The summed E-state index contributed by atoms with van der Waals surface area (Å²) in [7, 11) is 0. The van der Waals surface area contributed by atoms with Crippen LogP contribution in [0.3, 0.4) is 0 Å². The fourth-order valence-corrected chi connectivity index (χ4v) is 1.57. The number of phenolic OH excluding ortho intramolecular Hbond substituents is 1. The summed E-state index contributed by atoms with van der Waals surface area (Å²) < 4.78 is 5.28. The Balaban J connectivity index is 2.08. The molecule has 1 aromatic heterocycles. The minimum atomic E-state index is -0.217. The molecule has 2 rings (SSSR count). The average molecular weight is 288 g/mol. The van der Waals surface area contributed by atoms with E-state index in [4.69, 9.17) is 4.74 Å². The Hall–Kier alpha value is -2.83. The summed E-state index contributed by atoms with van der Waals surface area (Å²) in [6.45, 7) is 3.96. The summed E-state index contributed by atoms with van der Waals surface area (Å²) in [6.07, 6.45) is 2.99. The Bertz CT molecular complexity index is 710. The van der Waals surface area contributed by atoms with Crippen LogP contribution in [0.4, 0.5) is 5.95 Å². The average Bonchev–Trinajstić information content (AvgIpc) is 2.46. The van der Waals surface area contributed by atoms with Crippen molar-refractivity contribution in [3.63, 3.8) is 0 Å². The first-order valence-corrected chi connectivity index (χ1v) is 6.41. The SMILES string of the molecule is CCOc1cc(/C=N/Nc2ncc(C)c(=O)[nH]2)ccc1O. The Morgan fingerprint density at radius 1 is 1.52 bits per heavy atom. The van der Waals surface area contributed by atoms with E-state index in [1.165, 1.54) is 18.5 Å². The number of aryl methyl sites for hydroxylation is 1. The normalized spacial score (nSPS) is 10.8. The smallest absolute Gasteiger partial charge is 0.255 e. The van der Waals surface area contributed by atoms with Crippen molar-refractivity contribution in [3.8, 4) is 11.5 Å². The summed E-state index contributed by atoms with van der Waals surface area (Å²) in [5.74, 6) is 0.723. The molecular weight excluding hydrogens is 272 g/mol. The largest absolute Gasteiger partial charge is 0.504 e. The van der Waals surface area contributed by atoms with Crippen LogP contribution in [-0.4, -0.2) is 27.9 Å². The molecule has 1 heterocycles. The van der Waals surface area contributed by atoms with E-state index in [9.17, 15) is 9.90 Å². The first kappa shape index (κ1) is 14.6. The molecule has 3 N–H and O–H groups in total. The number of nitrogens with one attached hydrogen (secondary N) is 2. The van der Waals surface area contributed by atoms with Gasteiger partial charge in [0.25, 0.3) is 5.56 Å². The first-order chi connectivity index (χ1) is 10.1. The molecule has 21 heavy (non-hydrogen) atoms. The highest BCUT2D eigenvalue weighted by molar-refractivity contribution is 5.81. The molecule has 0 aliphatic heterocycles. The molecule has 0 fully saturated rings. The van der Waals surface area contributed by atoms with Gasteiger partial charge >= 0.3 is 0 Å². The van der Waals surface area contributed by atoms with Crippen LogP contribution in [0.1, 0.15) is 18.1 Å². The van der Waals surface area contributed by atoms with Crippen LogP contribution < -0.4 is 15.7 Å². The lowest BCUT2D eigenvalue weighted by molar-refractivity contribution is 0.318. The predicted molar refractivity (Wildman–Crippen MR) is 80.1 cm³/mol. The maximum atomic E-state index is 11.4. The molecule has 0 unspecified atom stereocenters. The number of aromatic nitrogens is 2. The fraction of sp³-hybridized carbons (Fsp3) is 0.214. The molecule has 7 nitrogen and oxygen atoms in total. The molecule has 110 valence electrons. The molecule has 2 aromatic rings. The van der Waals surface area contributed by atoms with Crippen molar-refractivity contribution in [1.82, 2.24) is 9.97 Å². The van der Waals surface area contributed by atoms with E-state index in [1.54, 1.807) is 19.1 Å². The molecule has 0 bridgehead atoms. The van der Waals surface area contributed by atoms with Gasteiger partial charge in [-0.2, -0.15) is 5.10 Å². The number of hydrogen-bond acceptors (Lipinski definition) is 6. The van der Waals surface area contributed by atoms with Crippen LogP contribution >= 0.6 is 0 Å². The zero-order chi connectivity index (χ0) is 15.2. The topological polar surface area (TPSA) is 99.6 Å². The van der Waals surface area contributed by atoms with E-state index in [2.05, 4.69) is 20.5 Å². The van der Waals surface area contributed by atoms with Crippen molar-refractivity contribution in [3.05, 3.63) is 45.9 Å². The predicted octanol–water partition coefficient (Wildman–Crippen LogP) is 1.63. The van der Waals surface area contributed by atoms with Gasteiger partial charge < -0.3 is 9.84 Å². The number of aromatic amines is 1. The maximum Gasteiger partial charge on any atom is 0.255 e. The number of hydrazone groups is 1. The lowest BCUT2D eigenvalue weighted by Crippen LogP contribution is -2.12. The molecule has 0 radical (unpaired) electrons. The lowest BCUT2D eigenvalue weighted by atomic mass is 10.2. The van der Waals surface area contributed by atoms with Crippen molar-refractivity contribution in [2.75, 3.05) is 12.0 Å². The number of aromatic hydroxyl groups is 1. The third-order valence-electron chi connectivity index (χ3n) is 2.65. The number of rotatable bonds is 5. The van der Waals surface area contributed by atoms with Gasteiger partial charge in [0, 0.05) is 11.8 Å². The molecular formula is C14H16N4O3. The lowest BCUT2D eigenvalue weighted by Gasteiger charge is -2.06. The molecule has 0 spiro atoms. The first-order valence-electron chi connectivity index (χ1n) is 6.41. The molecule has 0 saturated heterocycles. The van der Waals surface area contributed by atoms with Crippen LogP contribution in [-0.2, 0) is 0 Å². The second kappa shape index (κ2) is 6.56. The standard InChI is InChI=1S/C14H16N4O3/c1-3-21-12-6-10(4-5-11(12)19)8-16-18-14-15-7-9(2)13(20)17-14/h4-8,19H,3H2,1-2H3,(H2,15,17,18,20)/b16-8+.